The summed E-state index contributed by atoms with van der Waals surface area (Å²) in [6.45, 7) is 3.84. The van der Waals surface area contributed by atoms with Gasteiger partial charge in [-0.3, -0.25) is 13.8 Å². The first-order valence-corrected chi connectivity index (χ1v) is 11.7. The Kier molecular flexibility index (Phi) is 5.17. The number of fused-ring (bicyclic) bond motifs is 3. The van der Waals surface area contributed by atoms with Gasteiger partial charge >= 0.3 is 0 Å². The molecule has 0 atom stereocenters. The van der Waals surface area contributed by atoms with Crippen molar-refractivity contribution < 1.29 is 4.79 Å². The van der Waals surface area contributed by atoms with Crippen molar-refractivity contribution in [2.24, 2.45) is 0 Å². The van der Waals surface area contributed by atoms with Gasteiger partial charge in [0.05, 0.1) is 21.5 Å². The fraction of sp³-hybridized carbons (Fsp3) is 0.130. The van der Waals surface area contributed by atoms with Crippen LogP contribution in [0.15, 0.2) is 59.8 Å². The van der Waals surface area contributed by atoms with Gasteiger partial charge < -0.3 is 5.32 Å². The first-order chi connectivity index (χ1) is 15.6. The van der Waals surface area contributed by atoms with Gasteiger partial charge in [0.15, 0.2) is 5.16 Å². The fourth-order valence-electron chi connectivity index (χ4n) is 3.71. The van der Waals surface area contributed by atoms with Crippen molar-refractivity contribution in [2.45, 2.75) is 19.0 Å². The number of amides is 1. The van der Waals surface area contributed by atoms with E-state index in [1.54, 1.807) is 11.3 Å². The van der Waals surface area contributed by atoms with E-state index in [4.69, 9.17) is 0 Å². The van der Waals surface area contributed by atoms with Gasteiger partial charge in [-0.1, -0.05) is 53.4 Å². The number of benzene rings is 2. The minimum atomic E-state index is -0.211. The molecular formula is C23H18N6OS2. The van der Waals surface area contributed by atoms with Crippen LogP contribution >= 0.6 is 23.1 Å². The van der Waals surface area contributed by atoms with Crippen molar-refractivity contribution in [2.75, 3.05) is 11.1 Å². The highest BCUT2D eigenvalue weighted by atomic mass is 32.2. The van der Waals surface area contributed by atoms with Crippen LogP contribution in [0.25, 0.3) is 20.9 Å². The number of rotatable bonds is 5. The number of para-hydroxylation sites is 2. The molecule has 0 aliphatic carbocycles. The van der Waals surface area contributed by atoms with Crippen LogP contribution in [0.5, 0.6) is 0 Å². The van der Waals surface area contributed by atoms with Crippen molar-refractivity contribution in [3.8, 4) is 11.8 Å². The zero-order valence-electron chi connectivity index (χ0n) is 17.4. The second-order valence-electron chi connectivity index (χ2n) is 7.22. The third kappa shape index (κ3) is 3.34. The molecular weight excluding hydrogens is 440 g/mol. The molecule has 32 heavy (non-hydrogen) atoms. The number of nitrogens with zero attached hydrogens (tertiary/aromatic N) is 5. The molecule has 0 spiro atoms. The second kappa shape index (κ2) is 8.15. The van der Waals surface area contributed by atoms with Crippen molar-refractivity contribution in [1.82, 2.24) is 19.2 Å². The SMILES string of the molecule is Cc1c(C#N)c(NC(=O)CSc2nnc3sc4ccccc4n23)n(-c2ccccc2)c1C. The molecule has 0 radical (unpaired) electrons. The van der Waals surface area contributed by atoms with E-state index in [1.165, 1.54) is 11.8 Å². The molecule has 0 bridgehead atoms. The number of nitrogens with one attached hydrogen (secondary N) is 1. The number of thiazole rings is 1. The molecule has 7 nitrogen and oxygen atoms in total. The highest BCUT2D eigenvalue weighted by Gasteiger charge is 2.21. The minimum absolute atomic E-state index is 0.147. The van der Waals surface area contributed by atoms with Crippen molar-refractivity contribution in [3.05, 3.63) is 71.4 Å². The molecule has 158 valence electrons. The van der Waals surface area contributed by atoms with Gasteiger partial charge in [-0.25, -0.2) is 0 Å². The fourth-order valence-corrected chi connectivity index (χ4v) is 5.48. The topological polar surface area (TPSA) is 88.0 Å². The predicted molar refractivity (Wildman–Crippen MR) is 128 cm³/mol. The van der Waals surface area contributed by atoms with Crippen LogP contribution in [0.4, 0.5) is 5.82 Å². The van der Waals surface area contributed by atoms with Gasteiger partial charge in [-0.05, 0) is 43.7 Å². The molecule has 0 aliphatic rings. The van der Waals surface area contributed by atoms with Gasteiger partial charge in [0.2, 0.25) is 10.9 Å². The molecule has 1 N–H and O–H groups in total. The maximum absolute atomic E-state index is 12.9. The third-order valence-corrected chi connectivity index (χ3v) is 7.28. The van der Waals surface area contributed by atoms with Crippen molar-refractivity contribution in [1.29, 1.82) is 5.26 Å². The maximum Gasteiger partial charge on any atom is 0.236 e. The maximum atomic E-state index is 12.9. The molecule has 5 rings (SSSR count). The summed E-state index contributed by atoms with van der Waals surface area (Å²) in [7, 11) is 0. The van der Waals surface area contributed by atoms with E-state index in [1.807, 2.05) is 77.4 Å². The van der Waals surface area contributed by atoms with Gasteiger partial charge in [0.25, 0.3) is 0 Å². The molecule has 0 saturated heterocycles. The zero-order chi connectivity index (χ0) is 22.2. The second-order valence-corrected chi connectivity index (χ2v) is 9.18. The van der Waals surface area contributed by atoms with E-state index in [0.717, 1.165) is 32.1 Å². The highest BCUT2D eigenvalue weighted by Crippen LogP contribution is 2.31. The summed E-state index contributed by atoms with van der Waals surface area (Å²) in [6, 6.07) is 20.0. The molecule has 1 amide bonds. The lowest BCUT2D eigenvalue weighted by Gasteiger charge is -2.13. The van der Waals surface area contributed by atoms with Gasteiger partial charge in [0, 0.05) is 11.4 Å². The normalized spacial score (nSPS) is 11.2. The quantitative estimate of drug-likeness (QED) is 0.376. The Hall–Kier alpha value is -3.61. The highest BCUT2D eigenvalue weighted by molar-refractivity contribution is 7.99. The lowest BCUT2D eigenvalue weighted by molar-refractivity contribution is -0.113. The van der Waals surface area contributed by atoms with Crippen LogP contribution in [-0.4, -0.2) is 30.8 Å². The summed E-state index contributed by atoms with van der Waals surface area (Å²) in [5, 5.41) is 21.9. The molecule has 5 aromatic rings. The first kappa shape index (κ1) is 20.3. The van der Waals surface area contributed by atoms with E-state index >= 15 is 0 Å². The number of carbonyl (C=O) groups is 1. The number of aromatic nitrogens is 4. The van der Waals surface area contributed by atoms with Crippen LogP contribution in [0, 0.1) is 25.2 Å². The number of carbonyl (C=O) groups excluding carboxylic acids is 1. The summed E-state index contributed by atoms with van der Waals surface area (Å²) in [4.78, 5) is 13.7. The predicted octanol–water partition coefficient (Wildman–Crippen LogP) is 4.95. The Morgan fingerprint density at radius 3 is 2.66 bits per heavy atom. The average Bonchev–Trinajstić information content (AvgIpc) is 3.44. The van der Waals surface area contributed by atoms with E-state index < -0.39 is 0 Å². The van der Waals surface area contributed by atoms with Crippen molar-refractivity contribution >= 4 is 50.0 Å². The van der Waals surface area contributed by atoms with Gasteiger partial charge in [-0.15, -0.1) is 10.2 Å². The molecule has 0 fully saturated rings. The Balaban J connectivity index is 1.42. The number of hydrogen-bond acceptors (Lipinski definition) is 6. The summed E-state index contributed by atoms with van der Waals surface area (Å²) in [6.07, 6.45) is 0. The number of anilines is 1. The summed E-state index contributed by atoms with van der Waals surface area (Å²) >= 11 is 2.89. The van der Waals surface area contributed by atoms with Crippen LogP contribution in [0.3, 0.4) is 0 Å². The van der Waals surface area contributed by atoms with E-state index in [0.29, 0.717) is 16.5 Å². The molecule has 9 heteroatoms. The lowest BCUT2D eigenvalue weighted by Crippen LogP contribution is -2.18. The Morgan fingerprint density at radius 2 is 1.88 bits per heavy atom. The summed E-state index contributed by atoms with van der Waals surface area (Å²) in [5.41, 5.74) is 4.15. The van der Waals surface area contributed by atoms with E-state index in [-0.39, 0.29) is 11.7 Å². The monoisotopic (exact) mass is 458 g/mol. The van der Waals surface area contributed by atoms with Crippen LogP contribution in [0.1, 0.15) is 16.8 Å². The lowest BCUT2D eigenvalue weighted by atomic mass is 10.2. The molecule has 3 heterocycles. The van der Waals surface area contributed by atoms with Gasteiger partial charge in [0.1, 0.15) is 11.9 Å². The Labute approximate surface area is 192 Å². The molecule has 0 aliphatic heterocycles. The molecule has 0 saturated carbocycles. The van der Waals surface area contributed by atoms with E-state index in [9.17, 15) is 10.1 Å². The summed E-state index contributed by atoms with van der Waals surface area (Å²) < 4.78 is 5.01. The molecule has 0 unspecified atom stereocenters. The minimum Gasteiger partial charge on any atom is -0.310 e. The van der Waals surface area contributed by atoms with Crippen molar-refractivity contribution in [3.63, 3.8) is 0 Å². The third-order valence-electron chi connectivity index (χ3n) is 5.34. The Bertz CT molecular complexity index is 1510. The van der Waals surface area contributed by atoms with Crippen LogP contribution < -0.4 is 5.32 Å². The van der Waals surface area contributed by atoms with E-state index in [2.05, 4.69) is 21.6 Å². The number of hydrogen-bond donors (Lipinski definition) is 1. The largest absolute Gasteiger partial charge is 0.310 e. The smallest absolute Gasteiger partial charge is 0.236 e. The summed E-state index contributed by atoms with van der Waals surface area (Å²) in [5.74, 6) is 0.428. The number of nitriles is 1. The van der Waals surface area contributed by atoms with Crippen LogP contribution in [0.2, 0.25) is 0 Å². The van der Waals surface area contributed by atoms with Crippen LogP contribution in [-0.2, 0) is 4.79 Å². The zero-order valence-corrected chi connectivity index (χ0v) is 19.0. The molecule has 3 aromatic heterocycles. The van der Waals surface area contributed by atoms with Gasteiger partial charge in [-0.2, -0.15) is 5.26 Å². The standard InChI is InChI=1S/C23H18N6OS2/c1-14-15(2)28(16-8-4-3-5-9-16)21(17(14)12-24)25-20(30)13-31-22-26-27-23-29(22)18-10-6-7-11-19(18)32-23/h3-11H,13H2,1-2H3,(H,25,30). The Morgan fingerprint density at radius 1 is 1.12 bits per heavy atom. The first-order valence-electron chi connectivity index (χ1n) is 9.91. The number of thioether (sulfide) groups is 1. The average molecular weight is 459 g/mol. The molecule has 2 aromatic carbocycles.